The van der Waals surface area contributed by atoms with E-state index in [1.807, 2.05) is 34.9 Å². The number of hydrogen-bond donors (Lipinski definition) is 1. The van der Waals surface area contributed by atoms with Crippen LogP contribution in [-0.2, 0) is 0 Å². The van der Waals surface area contributed by atoms with Crippen molar-refractivity contribution in [1.82, 2.24) is 14.6 Å². The van der Waals surface area contributed by atoms with Gasteiger partial charge in [0.15, 0.2) is 11.5 Å². The van der Waals surface area contributed by atoms with Crippen LogP contribution in [0, 0.1) is 0 Å². The maximum absolute atomic E-state index is 6.16. The number of halogens is 1. The van der Waals surface area contributed by atoms with Crippen LogP contribution in [0.2, 0.25) is 5.02 Å². The van der Waals surface area contributed by atoms with Gasteiger partial charge in [0.05, 0.1) is 10.6 Å². The third kappa shape index (κ3) is 1.54. The summed E-state index contributed by atoms with van der Waals surface area (Å²) >= 11 is 6.16. The monoisotopic (exact) mass is 244 g/mol. The van der Waals surface area contributed by atoms with Crippen LogP contribution >= 0.6 is 11.6 Å². The third-order valence-electron chi connectivity index (χ3n) is 2.58. The summed E-state index contributed by atoms with van der Waals surface area (Å²) in [6, 6.07) is 11.1. The number of nitrogens with two attached hydrogens (primary N) is 1. The Bertz CT molecular complexity index is 670. The lowest BCUT2D eigenvalue weighted by Crippen LogP contribution is -1.95. The van der Waals surface area contributed by atoms with E-state index in [2.05, 4.69) is 10.2 Å². The van der Waals surface area contributed by atoms with Crippen molar-refractivity contribution in [2.24, 2.45) is 0 Å². The fourth-order valence-electron chi connectivity index (χ4n) is 1.79. The summed E-state index contributed by atoms with van der Waals surface area (Å²) < 4.78 is 1.86. The first-order valence-electron chi connectivity index (χ1n) is 5.11. The second kappa shape index (κ2) is 3.75. The van der Waals surface area contributed by atoms with E-state index in [0.717, 1.165) is 5.65 Å². The van der Waals surface area contributed by atoms with Crippen molar-refractivity contribution in [2.75, 3.05) is 5.73 Å². The number of fused-ring (bicyclic) bond motifs is 1. The zero-order valence-corrected chi connectivity index (χ0v) is 9.59. The molecule has 0 spiro atoms. The highest BCUT2D eigenvalue weighted by atomic mass is 35.5. The van der Waals surface area contributed by atoms with Crippen LogP contribution in [0.4, 0.5) is 5.69 Å². The topological polar surface area (TPSA) is 56.2 Å². The standard InChI is InChI=1S/C12H9ClN4/c13-8-4-3-5-9(14)11(8)12-16-15-10-6-1-2-7-17(10)12/h1-7H,14H2. The summed E-state index contributed by atoms with van der Waals surface area (Å²) in [5.41, 5.74) is 8.01. The molecule has 4 nitrogen and oxygen atoms in total. The number of aromatic nitrogens is 3. The summed E-state index contributed by atoms with van der Waals surface area (Å²) in [6.45, 7) is 0. The molecule has 0 fully saturated rings. The number of anilines is 1. The Morgan fingerprint density at radius 2 is 1.94 bits per heavy atom. The molecule has 0 saturated heterocycles. The number of benzene rings is 1. The van der Waals surface area contributed by atoms with Crippen molar-refractivity contribution < 1.29 is 0 Å². The average molecular weight is 245 g/mol. The van der Waals surface area contributed by atoms with E-state index in [1.165, 1.54) is 0 Å². The molecule has 0 radical (unpaired) electrons. The molecule has 84 valence electrons. The lowest BCUT2D eigenvalue weighted by molar-refractivity contribution is 1.11. The summed E-state index contributed by atoms with van der Waals surface area (Å²) in [7, 11) is 0. The van der Waals surface area contributed by atoms with Crippen LogP contribution in [0.5, 0.6) is 0 Å². The van der Waals surface area contributed by atoms with Crippen LogP contribution in [0.3, 0.4) is 0 Å². The first-order chi connectivity index (χ1) is 8.27. The maximum Gasteiger partial charge on any atom is 0.171 e. The highest BCUT2D eigenvalue weighted by Crippen LogP contribution is 2.31. The predicted octanol–water partition coefficient (Wildman–Crippen LogP) is 2.63. The van der Waals surface area contributed by atoms with Crippen molar-refractivity contribution in [3.05, 3.63) is 47.6 Å². The molecular weight excluding hydrogens is 236 g/mol. The Hall–Kier alpha value is -2.07. The summed E-state index contributed by atoms with van der Waals surface area (Å²) in [5, 5.41) is 8.78. The predicted molar refractivity (Wildman–Crippen MR) is 67.8 cm³/mol. The minimum Gasteiger partial charge on any atom is -0.398 e. The molecule has 2 aromatic heterocycles. The normalized spacial score (nSPS) is 10.9. The highest BCUT2D eigenvalue weighted by Gasteiger charge is 2.13. The molecule has 2 heterocycles. The molecule has 0 bridgehead atoms. The molecular formula is C12H9ClN4. The van der Waals surface area contributed by atoms with Gasteiger partial charge in [-0.25, -0.2) is 0 Å². The van der Waals surface area contributed by atoms with E-state index in [0.29, 0.717) is 22.1 Å². The van der Waals surface area contributed by atoms with Crippen LogP contribution in [-0.4, -0.2) is 14.6 Å². The Balaban J connectivity index is 2.35. The minimum atomic E-state index is 0.572. The number of rotatable bonds is 1. The van der Waals surface area contributed by atoms with Crippen molar-refractivity contribution >= 4 is 22.9 Å². The fourth-order valence-corrected chi connectivity index (χ4v) is 2.05. The molecule has 3 aromatic rings. The molecule has 3 rings (SSSR count). The quantitative estimate of drug-likeness (QED) is 0.670. The van der Waals surface area contributed by atoms with Crippen molar-refractivity contribution in [1.29, 1.82) is 0 Å². The van der Waals surface area contributed by atoms with Crippen LogP contribution in [0.15, 0.2) is 42.6 Å². The Morgan fingerprint density at radius 3 is 2.76 bits per heavy atom. The van der Waals surface area contributed by atoms with Gasteiger partial charge in [-0.1, -0.05) is 23.7 Å². The second-order valence-electron chi connectivity index (χ2n) is 3.66. The summed E-state index contributed by atoms with van der Waals surface area (Å²) in [5.74, 6) is 0.656. The molecule has 0 aliphatic heterocycles. The zero-order chi connectivity index (χ0) is 11.8. The molecule has 0 unspecified atom stereocenters. The van der Waals surface area contributed by atoms with Gasteiger partial charge >= 0.3 is 0 Å². The number of hydrogen-bond acceptors (Lipinski definition) is 3. The molecule has 1 aromatic carbocycles. The van der Waals surface area contributed by atoms with Crippen molar-refractivity contribution in [3.8, 4) is 11.4 Å². The molecule has 0 saturated carbocycles. The first-order valence-corrected chi connectivity index (χ1v) is 5.49. The van der Waals surface area contributed by atoms with E-state index >= 15 is 0 Å². The SMILES string of the molecule is Nc1cccc(Cl)c1-c1nnc2ccccn12. The van der Waals surface area contributed by atoms with Gasteiger partial charge in [-0.05, 0) is 24.3 Å². The average Bonchev–Trinajstić information content (AvgIpc) is 2.73. The van der Waals surface area contributed by atoms with E-state index in [4.69, 9.17) is 17.3 Å². The Kier molecular flexibility index (Phi) is 2.23. The second-order valence-corrected chi connectivity index (χ2v) is 4.06. The smallest absolute Gasteiger partial charge is 0.171 e. The maximum atomic E-state index is 6.16. The molecule has 0 amide bonds. The summed E-state index contributed by atoms with van der Waals surface area (Å²) in [4.78, 5) is 0. The zero-order valence-electron chi connectivity index (χ0n) is 8.84. The number of nitrogens with zero attached hydrogens (tertiary/aromatic N) is 3. The number of pyridine rings is 1. The Labute approximate surface area is 103 Å². The van der Waals surface area contributed by atoms with E-state index in [9.17, 15) is 0 Å². The van der Waals surface area contributed by atoms with E-state index in [-0.39, 0.29) is 0 Å². The highest BCUT2D eigenvalue weighted by molar-refractivity contribution is 6.33. The fraction of sp³-hybridized carbons (Fsp3) is 0. The van der Waals surface area contributed by atoms with E-state index in [1.54, 1.807) is 12.1 Å². The third-order valence-corrected chi connectivity index (χ3v) is 2.90. The van der Waals surface area contributed by atoms with Crippen LogP contribution in [0.1, 0.15) is 0 Å². The van der Waals surface area contributed by atoms with Gasteiger partial charge in [0.2, 0.25) is 0 Å². The number of nitrogen functional groups attached to an aromatic ring is 1. The molecule has 5 heteroatoms. The van der Waals surface area contributed by atoms with Gasteiger partial charge in [0.25, 0.3) is 0 Å². The molecule has 2 N–H and O–H groups in total. The van der Waals surface area contributed by atoms with Gasteiger partial charge in [0.1, 0.15) is 0 Å². The molecule has 0 aliphatic rings. The molecule has 0 atom stereocenters. The lowest BCUT2D eigenvalue weighted by Gasteiger charge is -2.05. The van der Waals surface area contributed by atoms with Gasteiger partial charge in [-0.15, -0.1) is 10.2 Å². The van der Waals surface area contributed by atoms with Crippen molar-refractivity contribution in [3.63, 3.8) is 0 Å². The largest absolute Gasteiger partial charge is 0.398 e. The molecule has 0 aliphatic carbocycles. The minimum absolute atomic E-state index is 0.572. The van der Waals surface area contributed by atoms with Gasteiger partial charge < -0.3 is 5.73 Å². The van der Waals surface area contributed by atoms with Crippen molar-refractivity contribution in [2.45, 2.75) is 0 Å². The Morgan fingerprint density at radius 1 is 1.06 bits per heavy atom. The van der Waals surface area contributed by atoms with Gasteiger partial charge in [-0.2, -0.15) is 0 Å². The van der Waals surface area contributed by atoms with E-state index < -0.39 is 0 Å². The lowest BCUT2D eigenvalue weighted by atomic mass is 10.1. The van der Waals surface area contributed by atoms with Crippen LogP contribution in [0.25, 0.3) is 17.0 Å². The first kappa shape index (κ1) is 10.1. The van der Waals surface area contributed by atoms with Gasteiger partial charge in [-0.3, -0.25) is 4.40 Å². The van der Waals surface area contributed by atoms with Gasteiger partial charge in [0, 0.05) is 11.9 Å². The summed E-state index contributed by atoms with van der Waals surface area (Å²) in [6.07, 6.45) is 1.88. The molecule has 17 heavy (non-hydrogen) atoms. The van der Waals surface area contributed by atoms with Crippen LogP contribution < -0.4 is 5.73 Å².